The minimum absolute atomic E-state index is 0.0456. The molecule has 0 bridgehead atoms. The van der Waals surface area contributed by atoms with Gasteiger partial charge in [-0.3, -0.25) is 5.84 Å². The Kier molecular flexibility index (Phi) is 2.06. The van der Waals surface area contributed by atoms with Crippen LogP contribution in [0.15, 0.2) is 23.1 Å². The third kappa shape index (κ3) is 1.41. The highest BCUT2D eigenvalue weighted by atomic mass is 32.2. The summed E-state index contributed by atoms with van der Waals surface area (Å²) in [6, 6.07) is 4.27. The predicted octanol–water partition coefficient (Wildman–Crippen LogP) is -0.433. The number of fused-ring (bicyclic) bond motifs is 1. The number of hydrazine groups is 1. The Morgan fingerprint density at radius 1 is 1.29 bits per heavy atom. The molecule has 0 aromatic heterocycles. The maximum atomic E-state index is 11.3. The van der Waals surface area contributed by atoms with Crippen molar-refractivity contribution >= 4 is 10.0 Å². The summed E-state index contributed by atoms with van der Waals surface area (Å²) in [5, 5.41) is 0. The summed E-state index contributed by atoms with van der Waals surface area (Å²) in [6.45, 7) is 0.106. The van der Waals surface area contributed by atoms with Gasteiger partial charge in [0, 0.05) is 6.07 Å². The van der Waals surface area contributed by atoms with E-state index in [0.29, 0.717) is 11.5 Å². The highest BCUT2D eigenvalue weighted by Gasteiger charge is 2.18. The van der Waals surface area contributed by atoms with Crippen molar-refractivity contribution in [3.05, 3.63) is 18.2 Å². The van der Waals surface area contributed by atoms with Gasteiger partial charge in [-0.25, -0.2) is 8.42 Å². The molecule has 1 aromatic rings. The lowest BCUT2D eigenvalue weighted by atomic mass is 10.3. The maximum Gasteiger partial charge on any atom is 0.253 e. The number of hydrogen-bond donors (Lipinski definition) is 2. The number of nitrogens with one attached hydrogen (secondary N) is 1. The van der Waals surface area contributed by atoms with E-state index in [9.17, 15) is 8.42 Å². The Labute approximate surface area is 80.6 Å². The van der Waals surface area contributed by atoms with Gasteiger partial charge in [0.15, 0.2) is 11.5 Å². The molecular formula is C7H8N2O4S. The van der Waals surface area contributed by atoms with Crippen molar-refractivity contribution < 1.29 is 17.9 Å². The van der Waals surface area contributed by atoms with Crippen LogP contribution in [0.25, 0.3) is 0 Å². The zero-order chi connectivity index (χ0) is 10.2. The fourth-order valence-electron chi connectivity index (χ4n) is 1.11. The first-order valence-electron chi connectivity index (χ1n) is 3.75. The topological polar surface area (TPSA) is 90.7 Å². The van der Waals surface area contributed by atoms with Crippen LogP contribution in [-0.4, -0.2) is 15.2 Å². The van der Waals surface area contributed by atoms with Gasteiger partial charge in [-0.1, -0.05) is 0 Å². The summed E-state index contributed by atoms with van der Waals surface area (Å²) in [5.74, 6) is 5.81. The van der Waals surface area contributed by atoms with Gasteiger partial charge in [0.25, 0.3) is 10.0 Å². The molecule has 76 valence electrons. The molecule has 6 nitrogen and oxygen atoms in total. The van der Waals surface area contributed by atoms with Gasteiger partial charge in [0.05, 0.1) is 4.90 Å². The molecule has 7 heteroatoms. The molecule has 0 unspecified atom stereocenters. The molecule has 0 aliphatic carbocycles. The van der Waals surface area contributed by atoms with Gasteiger partial charge in [-0.2, -0.15) is 4.83 Å². The van der Waals surface area contributed by atoms with Crippen LogP contribution in [0.1, 0.15) is 0 Å². The van der Waals surface area contributed by atoms with Crippen LogP contribution >= 0.6 is 0 Å². The number of ether oxygens (including phenoxy) is 2. The van der Waals surface area contributed by atoms with Gasteiger partial charge >= 0.3 is 0 Å². The zero-order valence-electron chi connectivity index (χ0n) is 7.06. The van der Waals surface area contributed by atoms with Crippen LogP contribution in [0, 0.1) is 0 Å². The normalized spacial score (nSPS) is 14.4. The van der Waals surface area contributed by atoms with E-state index >= 15 is 0 Å². The third-order valence-electron chi connectivity index (χ3n) is 1.81. The summed E-state index contributed by atoms with van der Waals surface area (Å²) in [4.78, 5) is 1.77. The Bertz CT molecular complexity index is 457. The van der Waals surface area contributed by atoms with E-state index in [1.54, 1.807) is 4.83 Å². The summed E-state index contributed by atoms with van der Waals surface area (Å²) in [6.07, 6.45) is 0. The van der Waals surface area contributed by atoms with Crippen molar-refractivity contribution in [3.8, 4) is 11.5 Å². The van der Waals surface area contributed by atoms with Gasteiger partial charge in [-0.15, -0.1) is 0 Å². The van der Waals surface area contributed by atoms with E-state index < -0.39 is 10.0 Å². The van der Waals surface area contributed by atoms with Crippen molar-refractivity contribution in [2.24, 2.45) is 5.84 Å². The minimum atomic E-state index is -3.63. The molecule has 0 amide bonds. The summed E-state index contributed by atoms with van der Waals surface area (Å²) in [5.41, 5.74) is 0. The molecule has 14 heavy (non-hydrogen) atoms. The van der Waals surface area contributed by atoms with Gasteiger partial charge in [0.2, 0.25) is 6.79 Å². The lowest BCUT2D eigenvalue weighted by Gasteiger charge is -2.02. The van der Waals surface area contributed by atoms with Crippen LogP contribution in [0.4, 0.5) is 0 Å². The van der Waals surface area contributed by atoms with E-state index in [2.05, 4.69) is 0 Å². The van der Waals surface area contributed by atoms with Crippen molar-refractivity contribution in [1.82, 2.24) is 4.83 Å². The number of nitrogens with two attached hydrogens (primary N) is 1. The second kappa shape index (κ2) is 3.12. The maximum absolute atomic E-state index is 11.3. The molecule has 0 radical (unpaired) electrons. The Hall–Kier alpha value is -1.31. The number of hydrogen-bond acceptors (Lipinski definition) is 5. The van der Waals surface area contributed by atoms with Gasteiger partial charge < -0.3 is 9.47 Å². The molecule has 0 fully saturated rings. The van der Waals surface area contributed by atoms with Crippen LogP contribution < -0.4 is 20.1 Å². The van der Waals surface area contributed by atoms with Crippen molar-refractivity contribution in [1.29, 1.82) is 0 Å². The Balaban J connectivity index is 2.48. The number of sulfonamides is 1. The second-order valence-corrected chi connectivity index (χ2v) is 4.35. The summed E-state index contributed by atoms with van der Waals surface area (Å²) < 4.78 is 32.6. The quantitative estimate of drug-likeness (QED) is 0.517. The standard InChI is InChI=1S/C7H8N2O4S/c8-9-14(10,11)5-1-2-6-7(3-5)13-4-12-6/h1-3,9H,4,8H2. The first kappa shape index (κ1) is 9.25. The first-order valence-corrected chi connectivity index (χ1v) is 5.24. The van der Waals surface area contributed by atoms with Crippen LogP contribution in [0.2, 0.25) is 0 Å². The van der Waals surface area contributed by atoms with Gasteiger partial charge in [0.1, 0.15) is 0 Å². The lowest BCUT2D eigenvalue weighted by Crippen LogP contribution is -2.30. The van der Waals surface area contributed by atoms with Crippen molar-refractivity contribution in [2.75, 3.05) is 6.79 Å². The Morgan fingerprint density at radius 2 is 2.00 bits per heavy atom. The van der Waals surface area contributed by atoms with Crippen molar-refractivity contribution in [2.45, 2.75) is 4.90 Å². The van der Waals surface area contributed by atoms with Crippen LogP contribution in [-0.2, 0) is 10.0 Å². The molecule has 0 saturated heterocycles. The largest absolute Gasteiger partial charge is 0.454 e. The zero-order valence-corrected chi connectivity index (χ0v) is 7.87. The van der Waals surface area contributed by atoms with E-state index in [0.717, 1.165) is 0 Å². The van der Waals surface area contributed by atoms with E-state index in [-0.39, 0.29) is 11.7 Å². The molecule has 0 spiro atoms. The Morgan fingerprint density at radius 3 is 2.71 bits per heavy atom. The molecule has 3 N–H and O–H groups in total. The highest BCUT2D eigenvalue weighted by Crippen LogP contribution is 2.33. The molecule has 2 rings (SSSR count). The second-order valence-electron chi connectivity index (χ2n) is 2.64. The highest BCUT2D eigenvalue weighted by molar-refractivity contribution is 7.89. The SMILES string of the molecule is NNS(=O)(=O)c1ccc2c(c1)OCO2. The number of benzene rings is 1. The molecule has 1 aliphatic heterocycles. The molecule has 1 aliphatic rings. The number of rotatable bonds is 2. The summed E-state index contributed by atoms with van der Waals surface area (Å²) >= 11 is 0. The van der Waals surface area contributed by atoms with E-state index in [4.69, 9.17) is 15.3 Å². The minimum Gasteiger partial charge on any atom is -0.454 e. The van der Waals surface area contributed by atoms with E-state index in [1.165, 1.54) is 18.2 Å². The average Bonchev–Trinajstić information content (AvgIpc) is 2.64. The average molecular weight is 216 g/mol. The van der Waals surface area contributed by atoms with E-state index in [1.807, 2.05) is 0 Å². The van der Waals surface area contributed by atoms with Gasteiger partial charge in [-0.05, 0) is 12.1 Å². The lowest BCUT2D eigenvalue weighted by molar-refractivity contribution is 0.174. The predicted molar refractivity (Wildman–Crippen MR) is 47.1 cm³/mol. The van der Waals surface area contributed by atoms with Crippen molar-refractivity contribution in [3.63, 3.8) is 0 Å². The van der Waals surface area contributed by atoms with Crippen LogP contribution in [0.3, 0.4) is 0 Å². The molecule has 1 aromatic carbocycles. The monoisotopic (exact) mass is 216 g/mol. The molecular weight excluding hydrogens is 208 g/mol. The first-order chi connectivity index (χ1) is 6.63. The fraction of sp³-hybridized carbons (Fsp3) is 0.143. The fourth-order valence-corrected chi connectivity index (χ4v) is 1.76. The van der Waals surface area contributed by atoms with Crippen LogP contribution in [0.5, 0.6) is 11.5 Å². The molecule has 1 heterocycles. The summed E-state index contributed by atoms with van der Waals surface area (Å²) in [7, 11) is -3.63. The third-order valence-corrected chi connectivity index (χ3v) is 2.99. The molecule has 0 atom stereocenters. The smallest absolute Gasteiger partial charge is 0.253 e. The molecule has 0 saturated carbocycles.